The molecule has 116 valence electrons. The maximum atomic E-state index is 12.0. The second-order valence-corrected chi connectivity index (χ2v) is 5.11. The average Bonchev–Trinajstić information content (AvgIpc) is 2.89. The van der Waals surface area contributed by atoms with Gasteiger partial charge in [0.2, 0.25) is 0 Å². The van der Waals surface area contributed by atoms with E-state index in [1.54, 1.807) is 4.90 Å². The number of anilines is 1. The zero-order valence-corrected chi connectivity index (χ0v) is 11.8. The van der Waals surface area contributed by atoms with Crippen molar-refractivity contribution in [2.45, 2.75) is 6.18 Å². The van der Waals surface area contributed by atoms with Gasteiger partial charge in [-0.3, -0.25) is 0 Å². The number of aromatic nitrogens is 2. The van der Waals surface area contributed by atoms with Crippen LogP contribution < -0.4 is 4.90 Å². The van der Waals surface area contributed by atoms with Crippen LogP contribution in [0, 0.1) is 0 Å². The first-order valence-corrected chi connectivity index (χ1v) is 7.08. The largest absolute Gasteiger partial charge is 0.411 e. The summed E-state index contributed by atoms with van der Waals surface area (Å²) < 4.78 is 40.7. The monoisotopic (exact) mass is 321 g/mol. The lowest BCUT2D eigenvalue weighted by Gasteiger charge is -2.23. The zero-order valence-electron chi connectivity index (χ0n) is 11.0. The minimum atomic E-state index is -4.34. The van der Waals surface area contributed by atoms with Crippen LogP contribution in [0.4, 0.5) is 19.0 Å². The van der Waals surface area contributed by atoms with Crippen LogP contribution >= 0.6 is 11.3 Å². The molecule has 5 nitrogen and oxygen atoms in total. The molecule has 0 fully saturated rings. The predicted molar refractivity (Wildman–Crippen MR) is 73.6 cm³/mol. The molecule has 2 heterocycles. The van der Waals surface area contributed by atoms with Gasteiger partial charge in [-0.15, -0.1) is 11.3 Å². The molecule has 9 heteroatoms. The summed E-state index contributed by atoms with van der Waals surface area (Å²) in [5.74, 6) is 0.589. The smallest absolute Gasteiger partial charge is 0.395 e. The number of aliphatic hydroxyl groups is 1. The van der Waals surface area contributed by atoms with Gasteiger partial charge >= 0.3 is 6.18 Å². The van der Waals surface area contributed by atoms with Gasteiger partial charge in [-0.05, 0) is 11.4 Å². The number of nitrogens with zero attached hydrogens (tertiary/aromatic N) is 3. The number of fused-ring (bicyclic) bond motifs is 1. The Morgan fingerprint density at radius 2 is 2.10 bits per heavy atom. The molecule has 0 spiro atoms. The molecule has 0 radical (unpaired) electrons. The molecule has 0 aliphatic rings. The van der Waals surface area contributed by atoms with Crippen LogP contribution in [0.25, 0.3) is 10.2 Å². The first-order chi connectivity index (χ1) is 10.0. The van der Waals surface area contributed by atoms with Crippen molar-refractivity contribution in [2.24, 2.45) is 0 Å². The van der Waals surface area contributed by atoms with Crippen LogP contribution in [-0.4, -0.2) is 54.2 Å². The first kappa shape index (κ1) is 15.9. The van der Waals surface area contributed by atoms with E-state index < -0.39 is 12.8 Å². The molecule has 21 heavy (non-hydrogen) atoms. The Bertz CT molecular complexity index is 576. The van der Waals surface area contributed by atoms with Crippen molar-refractivity contribution >= 4 is 27.4 Å². The lowest BCUT2D eigenvalue weighted by Crippen LogP contribution is -2.32. The van der Waals surface area contributed by atoms with Gasteiger partial charge in [-0.1, -0.05) is 0 Å². The standard InChI is InChI=1S/C12H14F3N3O2S/c13-12(14,15)7-20-5-3-18(2-4-19)10-9-1-6-21-11(9)17-8-16-10/h1,6,8,19H,2-5,7H2. The van der Waals surface area contributed by atoms with E-state index in [2.05, 4.69) is 14.7 Å². The fourth-order valence-electron chi connectivity index (χ4n) is 1.84. The fraction of sp³-hybridized carbons (Fsp3) is 0.500. The number of hydrogen-bond donors (Lipinski definition) is 1. The third-order valence-electron chi connectivity index (χ3n) is 2.68. The Balaban J connectivity index is 2.03. The second kappa shape index (κ2) is 7.01. The van der Waals surface area contributed by atoms with Crippen LogP contribution in [-0.2, 0) is 4.74 Å². The minimum Gasteiger partial charge on any atom is -0.395 e. The molecule has 0 aromatic carbocycles. The van der Waals surface area contributed by atoms with Crippen molar-refractivity contribution in [1.82, 2.24) is 9.97 Å². The molecular weight excluding hydrogens is 307 g/mol. The van der Waals surface area contributed by atoms with Gasteiger partial charge in [0.05, 0.1) is 18.6 Å². The maximum Gasteiger partial charge on any atom is 0.411 e. The third-order valence-corrected chi connectivity index (χ3v) is 3.50. The van der Waals surface area contributed by atoms with Gasteiger partial charge in [-0.2, -0.15) is 13.2 Å². The summed E-state index contributed by atoms with van der Waals surface area (Å²) in [5.41, 5.74) is 0. The number of thiophene rings is 1. The third kappa shape index (κ3) is 4.51. The number of rotatable bonds is 7. The lowest BCUT2D eigenvalue weighted by atomic mass is 10.3. The molecule has 1 N–H and O–H groups in total. The number of hydrogen-bond acceptors (Lipinski definition) is 6. The fourth-order valence-corrected chi connectivity index (χ4v) is 2.56. The van der Waals surface area contributed by atoms with Crippen molar-refractivity contribution < 1.29 is 23.0 Å². The van der Waals surface area contributed by atoms with Crippen molar-refractivity contribution in [3.8, 4) is 0 Å². The van der Waals surface area contributed by atoms with Crippen molar-refractivity contribution in [3.63, 3.8) is 0 Å². The first-order valence-electron chi connectivity index (χ1n) is 6.20. The molecule has 0 saturated carbocycles. The zero-order chi connectivity index (χ0) is 15.3. The van der Waals surface area contributed by atoms with E-state index in [0.29, 0.717) is 5.82 Å². The topological polar surface area (TPSA) is 58.5 Å². The van der Waals surface area contributed by atoms with Crippen molar-refractivity contribution in [3.05, 3.63) is 17.8 Å². The number of halogens is 3. The number of alkyl halides is 3. The van der Waals surface area contributed by atoms with E-state index in [-0.39, 0.29) is 26.3 Å². The van der Waals surface area contributed by atoms with Crippen molar-refractivity contribution in [2.75, 3.05) is 37.8 Å². The molecule has 0 aliphatic carbocycles. The molecule has 0 bridgehead atoms. The van der Waals surface area contributed by atoms with Crippen LogP contribution in [0.3, 0.4) is 0 Å². The van der Waals surface area contributed by atoms with E-state index >= 15 is 0 Å². The van der Waals surface area contributed by atoms with E-state index in [9.17, 15) is 13.2 Å². The van der Waals surface area contributed by atoms with Crippen LogP contribution in [0.15, 0.2) is 17.8 Å². The Morgan fingerprint density at radius 3 is 2.81 bits per heavy atom. The Kier molecular flexibility index (Phi) is 5.32. The molecule has 2 rings (SSSR count). The van der Waals surface area contributed by atoms with E-state index in [1.807, 2.05) is 11.4 Å². The maximum absolute atomic E-state index is 12.0. The summed E-state index contributed by atoms with van der Waals surface area (Å²) in [6, 6.07) is 1.84. The van der Waals surface area contributed by atoms with Gasteiger partial charge in [0, 0.05) is 13.1 Å². The second-order valence-electron chi connectivity index (χ2n) is 4.22. The summed E-state index contributed by atoms with van der Waals surface area (Å²) in [4.78, 5) is 10.7. The Labute approximate surface area is 123 Å². The predicted octanol–water partition coefficient (Wildman–Crippen LogP) is 2.07. The van der Waals surface area contributed by atoms with Crippen molar-refractivity contribution in [1.29, 1.82) is 0 Å². The quantitative estimate of drug-likeness (QED) is 0.791. The molecule has 0 aliphatic heterocycles. The van der Waals surface area contributed by atoms with Gasteiger partial charge in [0.25, 0.3) is 0 Å². The normalized spacial score (nSPS) is 12.0. The summed E-state index contributed by atoms with van der Waals surface area (Å²) in [6.45, 7) is -1.04. The van der Waals surface area contributed by atoms with Crippen LogP contribution in [0.1, 0.15) is 0 Å². The van der Waals surface area contributed by atoms with Gasteiger partial charge in [-0.25, -0.2) is 9.97 Å². The average molecular weight is 321 g/mol. The van der Waals surface area contributed by atoms with E-state index in [4.69, 9.17) is 5.11 Å². The summed E-state index contributed by atoms with van der Waals surface area (Å²) >= 11 is 1.45. The van der Waals surface area contributed by atoms with Crippen LogP contribution in [0.2, 0.25) is 0 Å². The minimum absolute atomic E-state index is 0.102. The molecule has 0 amide bonds. The lowest BCUT2D eigenvalue weighted by molar-refractivity contribution is -0.173. The van der Waals surface area contributed by atoms with Crippen LogP contribution in [0.5, 0.6) is 0 Å². The SMILES string of the molecule is OCCN(CCOCC(F)(F)F)c1ncnc2sccc12. The summed E-state index contributed by atoms with van der Waals surface area (Å²) in [7, 11) is 0. The highest BCUT2D eigenvalue weighted by molar-refractivity contribution is 7.16. The summed E-state index contributed by atoms with van der Waals surface area (Å²) in [6.07, 6.45) is -2.94. The number of aliphatic hydroxyl groups excluding tert-OH is 1. The molecule has 0 saturated heterocycles. The highest BCUT2D eigenvalue weighted by Crippen LogP contribution is 2.26. The molecule has 0 unspecified atom stereocenters. The van der Waals surface area contributed by atoms with E-state index in [1.165, 1.54) is 17.7 Å². The highest BCUT2D eigenvalue weighted by Gasteiger charge is 2.27. The summed E-state index contributed by atoms with van der Waals surface area (Å²) in [5, 5.41) is 11.8. The molecule has 2 aromatic heterocycles. The number of ether oxygens (including phenoxy) is 1. The van der Waals surface area contributed by atoms with Gasteiger partial charge in [0.15, 0.2) is 0 Å². The Hall–Kier alpha value is -1.45. The van der Waals surface area contributed by atoms with Gasteiger partial charge in [0.1, 0.15) is 23.6 Å². The molecule has 0 atom stereocenters. The molecular formula is C12H14F3N3O2S. The van der Waals surface area contributed by atoms with Gasteiger partial charge < -0.3 is 14.7 Å². The Morgan fingerprint density at radius 1 is 1.29 bits per heavy atom. The molecule has 2 aromatic rings. The van der Waals surface area contributed by atoms with E-state index in [0.717, 1.165) is 10.2 Å². The highest BCUT2D eigenvalue weighted by atomic mass is 32.1.